The highest BCUT2D eigenvalue weighted by Gasteiger charge is 2.14. The first kappa shape index (κ1) is 12.3. The number of thiophene rings is 1. The lowest BCUT2D eigenvalue weighted by Crippen LogP contribution is -2.10. The van der Waals surface area contributed by atoms with Crippen molar-refractivity contribution in [1.82, 2.24) is 9.78 Å². The Kier molecular flexibility index (Phi) is 3.15. The number of aromatic carboxylic acids is 1. The summed E-state index contributed by atoms with van der Waals surface area (Å²) >= 11 is 0.942. The van der Waals surface area contributed by atoms with Gasteiger partial charge in [0, 0.05) is 13.2 Å². The summed E-state index contributed by atoms with van der Waals surface area (Å²) in [5.74, 6) is -1.36. The third-order valence-corrected chi connectivity index (χ3v) is 3.37. The predicted octanol–water partition coefficient (Wildman–Crippen LogP) is 1.74. The number of carbonyl (C=O) groups is 2. The Hall–Kier alpha value is -2.15. The molecule has 0 saturated carbocycles. The van der Waals surface area contributed by atoms with Gasteiger partial charge in [0.05, 0.1) is 16.3 Å². The number of carboxylic acids is 1. The molecule has 0 radical (unpaired) electrons. The number of carboxylic acid groups (broad SMARTS) is 1. The predicted molar refractivity (Wildman–Crippen MR) is 67.2 cm³/mol. The molecule has 0 unspecified atom stereocenters. The van der Waals surface area contributed by atoms with E-state index >= 15 is 0 Å². The van der Waals surface area contributed by atoms with Gasteiger partial charge in [0.1, 0.15) is 4.88 Å². The van der Waals surface area contributed by atoms with Crippen molar-refractivity contribution in [3.63, 3.8) is 0 Å². The number of nitrogens with zero attached hydrogens (tertiary/aromatic N) is 2. The van der Waals surface area contributed by atoms with E-state index in [4.69, 9.17) is 5.11 Å². The molecule has 0 aliphatic heterocycles. The van der Waals surface area contributed by atoms with Crippen LogP contribution in [0, 0.1) is 6.92 Å². The number of aryl methyl sites for hydroxylation is 2. The maximum atomic E-state index is 11.9. The minimum absolute atomic E-state index is 0.142. The van der Waals surface area contributed by atoms with E-state index in [1.54, 1.807) is 24.9 Å². The Morgan fingerprint density at radius 1 is 1.39 bits per heavy atom. The molecule has 0 aliphatic carbocycles. The molecule has 2 aromatic rings. The van der Waals surface area contributed by atoms with Gasteiger partial charge in [-0.05, 0) is 19.1 Å². The average molecular weight is 265 g/mol. The van der Waals surface area contributed by atoms with Crippen molar-refractivity contribution >= 4 is 28.9 Å². The van der Waals surface area contributed by atoms with Crippen molar-refractivity contribution in [3.05, 3.63) is 33.8 Å². The summed E-state index contributed by atoms with van der Waals surface area (Å²) in [5, 5.41) is 15.6. The van der Waals surface area contributed by atoms with Crippen molar-refractivity contribution < 1.29 is 14.7 Å². The fraction of sp³-hybridized carbons (Fsp3) is 0.182. The van der Waals surface area contributed by atoms with Crippen LogP contribution in [0.1, 0.15) is 25.0 Å². The molecule has 0 atom stereocenters. The Morgan fingerprint density at radius 3 is 2.56 bits per heavy atom. The zero-order chi connectivity index (χ0) is 13.3. The molecule has 7 heteroatoms. The van der Waals surface area contributed by atoms with Crippen LogP contribution in [0.2, 0.25) is 0 Å². The first-order chi connectivity index (χ1) is 8.47. The fourth-order valence-electron chi connectivity index (χ4n) is 1.48. The highest BCUT2D eigenvalue weighted by Crippen LogP contribution is 2.19. The summed E-state index contributed by atoms with van der Waals surface area (Å²) < 4.78 is 1.60. The molecule has 0 fully saturated rings. The lowest BCUT2D eigenvalue weighted by Gasteiger charge is -2.00. The first-order valence-corrected chi connectivity index (χ1v) is 5.93. The molecular formula is C11H11N3O3S. The van der Waals surface area contributed by atoms with Gasteiger partial charge in [-0.15, -0.1) is 11.3 Å². The summed E-state index contributed by atoms with van der Waals surface area (Å²) in [4.78, 5) is 23.1. The normalized spacial score (nSPS) is 10.3. The number of nitrogens with one attached hydrogen (secondary N) is 1. The van der Waals surface area contributed by atoms with Gasteiger partial charge in [-0.25, -0.2) is 4.79 Å². The van der Waals surface area contributed by atoms with E-state index < -0.39 is 5.97 Å². The molecule has 6 nitrogen and oxygen atoms in total. The van der Waals surface area contributed by atoms with Crippen LogP contribution in [-0.2, 0) is 7.05 Å². The molecule has 0 bridgehead atoms. The maximum absolute atomic E-state index is 11.9. The van der Waals surface area contributed by atoms with E-state index in [0.29, 0.717) is 16.3 Å². The number of carbonyl (C=O) groups excluding carboxylic acids is 1. The van der Waals surface area contributed by atoms with Crippen molar-refractivity contribution in [2.45, 2.75) is 6.92 Å². The summed E-state index contributed by atoms with van der Waals surface area (Å²) in [6, 6.07) is 2.91. The van der Waals surface area contributed by atoms with Crippen LogP contribution in [0.15, 0.2) is 18.3 Å². The van der Waals surface area contributed by atoms with E-state index in [1.165, 1.54) is 12.1 Å². The summed E-state index contributed by atoms with van der Waals surface area (Å²) in [7, 11) is 1.76. The van der Waals surface area contributed by atoms with Crippen LogP contribution in [-0.4, -0.2) is 26.8 Å². The van der Waals surface area contributed by atoms with E-state index in [2.05, 4.69) is 10.4 Å². The highest BCUT2D eigenvalue weighted by atomic mass is 32.1. The lowest BCUT2D eigenvalue weighted by atomic mass is 10.3. The van der Waals surface area contributed by atoms with Crippen molar-refractivity contribution in [2.75, 3.05) is 5.32 Å². The second-order valence-electron chi connectivity index (χ2n) is 3.73. The van der Waals surface area contributed by atoms with Gasteiger partial charge < -0.3 is 10.4 Å². The van der Waals surface area contributed by atoms with Crippen LogP contribution in [0.5, 0.6) is 0 Å². The van der Waals surface area contributed by atoms with Crippen molar-refractivity contribution in [1.29, 1.82) is 0 Å². The molecule has 2 rings (SSSR count). The topological polar surface area (TPSA) is 84.2 Å². The number of amides is 1. The quantitative estimate of drug-likeness (QED) is 0.885. The Labute approximate surface area is 107 Å². The minimum atomic E-state index is -1.03. The van der Waals surface area contributed by atoms with Gasteiger partial charge in [0.15, 0.2) is 0 Å². The second-order valence-corrected chi connectivity index (χ2v) is 4.81. The van der Waals surface area contributed by atoms with E-state index in [1.807, 2.05) is 0 Å². The Morgan fingerprint density at radius 2 is 2.06 bits per heavy atom. The van der Waals surface area contributed by atoms with Gasteiger partial charge in [-0.3, -0.25) is 9.48 Å². The number of aromatic nitrogens is 2. The third kappa shape index (κ3) is 2.40. The van der Waals surface area contributed by atoms with E-state index in [-0.39, 0.29) is 10.8 Å². The second kappa shape index (κ2) is 4.61. The van der Waals surface area contributed by atoms with Crippen LogP contribution in [0.4, 0.5) is 5.69 Å². The van der Waals surface area contributed by atoms with Gasteiger partial charge >= 0.3 is 5.97 Å². The number of anilines is 1. The van der Waals surface area contributed by atoms with Crippen molar-refractivity contribution in [3.8, 4) is 0 Å². The largest absolute Gasteiger partial charge is 0.477 e. The van der Waals surface area contributed by atoms with Gasteiger partial charge in [0.25, 0.3) is 5.91 Å². The molecule has 0 saturated heterocycles. The van der Waals surface area contributed by atoms with Crippen LogP contribution >= 0.6 is 11.3 Å². The number of rotatable bonds is 3. The molecule has 1 amide bonds. The molecule has 0 aliphatic rings. The van der Waals surface area contributed by atoms with Gasteiger partial charge in [-0.1, -0.05) is 0 Å². The van der Waals surface area contributed by atoms with E-state index in [0.717, 1.165) is 11.3 Å². The zero-order valence-corrected chi connectivity index (χ0v) is 10.6. The lowest BCUT2D eigenvalue weighted by molar-refractivity contribution is 0.0702. The Bertz CT molecular complexity index is 615. The molecular weight excluding hydrogens is 254 g/mol. The standard InChI is InChI=1S/C11H11N3O3S/c1-6-7(5-14(2)13-6)12-10(15)8-3-4-9(18-8)11(16)17/h3-5H,1-2H3,(H,12,15)(H,16,17). The molecule has 2 heterocycles. The SMILES string of the molecule is Cc1nn(C)cc1NC(=O)c1ccc(C(=O)O)s1. The fourth-order valence-corrected chi connectivity index (χ4v) is 2.22. The monoisotopic (exact) mass is 265 g/mol. The highest BCUT2D eigenvalue weighted by molar-refractivity contribution is 7.15. The zero-order valence-electron chi connectivity index (χ0n) is 9.80. The van der Waals surface area contributed by atoms with Crippen LogP contribution in [0.25, 0.3) is 0 Å². The van der Waals surface area contributed by atoms with Crippen LogP contribution in [0.3, 0.4) is 0 Å². The molecule has 18 heavy (non-hydrogen) atoms. The first-order valence-electron chi connectivity index (χ1n) is 5.12. The van der Waals surface area contributed by atoms with E-state index in [9.17, 15) is 9.59 Å². The summed E-state index contributed by atoms with van der Waals surface area (Å²) in [5.41, 5.74) is 1.33. The smallest absolute Gasteiger partial charge is 0.345 e. The molecule has 0 spiro atoms. The Balaban J connectivity index is 2.16. The van der Waals surface area contributed by atoms with Gasteiger partial charge in [0.2, 0.25) is 0 Å². The molecule has 2 N–H and O–H groups in total. The third-order valence-electron chi connectivity index (χ3n) is 2.30. The number of hydrogen-bond acceptors (Lipinski definition) is 4. The number of hydrogen-bond donors (Lipinski definition) is 2. The molecule has 0 aromatic carbocycles. The summed E-state index contributed by atoms with van der Waals surface area (Å²) in [6.07, 6.45) is 1.69. The van der Waals surface area contributed by atoms with Gasteiger partial charge in [-0.2, -0.15) is 5.10 Å². The van der Waals surface area contributed by atoms with Crippen LogP contribution < -0.4 is 5.32 Å². The maximum Gasteiger partial charge on any atom is 0.345 e. The molecule has 2 aromatic heterocycles. The summed E-state index contributed by atoms with van der Waals surface area (Å²) in [6.45, 7) is 1.78. The molecule has 94 valence electrons. The average Bonchev–Trinajstić information content (AvgIpc) is 2.86. The van der Waals surface area contributed by atoms with Crippen molar-refractivity contribution in [2.24, 2.45) is 7.05 Å². The minimum Gasteiger partial charge on any atom is -0.477 e.